The van der Waals surface area contributed by atoms with E-state index < -0.39 is 0 Å². The summed E-state index contributed by atoms with van der Waals surface area (Å²) in [5.41, 5.74) is 0.443. The van der Waals surface area contributed by atoms with Crippen molar-refractivity contribution >= 4 is 0 Å². The van der Waals surface area contributed by atoms with Crippen LogP contribution in [-0.4, -0.2) is 25.7 Å². The van der Waals surface area contributed by atoms with E-state index in [1.54, 1.807) is 0 Å². The van der Waals surface area contributed by atoms with Crippen molar-refractivity contribution in [3.63, 3.8) is 0 Å². The predicted molar refractivity (Wildman–Crippen MR) is 59.3 cm³/mol. The molecule has 0 aliphatic carbocycles. The molecule has 0 radical (unpaired) electrons. The summed E-state index contributed by atoms with van der Waals surface area (Å²) >= 11 is 0. The molecule has 4 heteroatoms. The van der Waals surface area contributed by atoms with Crippen LogP contribution >= 0.6 is 0 Å². The molecule has 1 fully saturated rings. The number of rotatable bonds is 4. The van der Waals surface area contributed by atoms with Gasteiger partial charge < -0.3 is 10.6 Å². The van der Waals surface area contributed by atoms with Crippen molar-refractivity contribution in [2.24, 2.45) is 0 Å². The molecule has 1 aliphatic heterocycles. The summed E-state index contributed by atoms with van der Waals surface area (Å²) in [7, 11) is 0. The maximum atomic E-state index is 13.3. The number of nitrogens with one attached hydrogen (secondary N) is 2. The topological polar surface area (TPSA) is 24.1 Å². The van der Waals surface area contributed by atoms with Crippen LogP contribution in [0.5, 0.6) is 0 Å². The lowest BCUT2D eigenvalue weighted by Gasteiger charge is -2.11. The van der Waals surface area contributed by atoms with E-state index in [0.29, 0.717) is 24.6 Å². The monoisotopic (exact) mass is 226 g/mol. The number of benzene rings is 1. The van der Waals surface area contributed by atoms with Crippen molar-refractivity contribution in [1.29, 1.82) is 0 Å². The van der Waals surface area contributed by atoms with Crippen LogP contribution in [0.25, 0.3) is 0 Å². The van der Waals surface area contributed by atoms with Crippen LogP contribution in [0.1, 0.15) is 12.0 Å². The van der Waals surface area contributed by atoms with E-state index in [9.17, 15) is 8.78 Å². The molecule has 16 heavy (non-hydrogen) atoms. The van der Waals surface area contributed by atoms with Gasteiger partial charge in [0.15, 0.2) is 0 Å². The summed E-state index contributed by atoms with van der Waals surface area (Å²) in [6.45, 7) is 2.68. The third kappa shape index (κ3) is 3.00. The van der Waals surface area contributed by atoms with Crippen LogP contribution in [0, 0.1) is 11.6 Å². The van der Waals surface area contributed by atoms with Gasteiger partial charge >= 0.3 is 0 Å². The second kappa shape index (κ2) is 5.37. The van der Waals surface area contributed by atoms with E-state index in [0.717, 1.165) is 25.6 Å². The minimum Gasteiger partial charge on any atom is -0.315 e. The van der Waals surface area contributed by atoms with Crippen molar-refractivity contribution < 1.29 is 8.78 Å². The van der Waals surface area contributed by atoms with Crippen molar-refractivity contribution in [1.82, 2.24) is 10.6 Å². The normalized spacial score (nSPS) is 20.2. The van der Waals surface area contributed by atoms with Crippen LogP contribution < -0.4 is 10.6 Å². The lowest BCUT2D eigenvalue weighted by Crippen LogP contribution is -2.32. The molecule has 1 atom stereocenters. The maximum Gasteiger partial charge on any atom is 0.126 e. The second-order valence-corrected chi connectivity index (χ2v) is 4.13. The smallest absolute Gasteiger partial charge is 0.126 e. The second-order valence-electron chi connectivity index (χ2n) is 4.13. The van der Waals surface area contributed by atoms with Gasteiger partial charge in [-0.05, 0) is 49.7 Å². The van der Waals surface area contributed by atoms with Gasteiger partial charge in [0, 0.05) is 12.6 Å². The molecule has 1 aromatic rings. The van der Waals surface area contributed by atoms with E-state index in [-0.39, 0.29) is 11.6 Å². The highest BCUT2D eigenvalue weighted by Crippen LogP contribution is 2.10. The summed E-state index contributed by atoms with van der Waals surface area (Å²) < 4.78 is 26.1. The molecule has 0 bridgehead atoms. The molecule has 1 unspecified atom stereocenters. The molecular weight excluding hydrogens is 210 g/mol. The molecule has 1 aromatic carbocycles. The largest absolute Gasteiger partial charge is 0.315 e. The molecular formula is C12H16F2N2. The first-order chi connectivity index (χ1) is 7.75. The summed E-state index contributed by atoms with van der Waals surface area (Å²) in [5, 5.41) is 6.57. The Labute approximate surface area is 94.0 Å². The van der Waals surface area contributed by atoms with Gasteiger partial charge in [-0.25, -0.2) is 8.78 Å². The maximum absolute atomic E-state index is 13.3. The summed E-state index contributed by atoms with van der Waals surface area (Å²) in [4.78, 5) is 0. The van der Waals surface area contributed by atoms with E-state index in [4.69, 9.17) is 0 Å². The van der Waals surface area contributed by atoms with E-state index >= 15 is 0 Å². The van der Waals surface area contributed by atoms with E-state index in [1.165, 1.54) is 12.1 Å². The Morgan fingerprint density at radius 3 is 3.00 bits per heavy atom. The van der Waals surface area contributed by atoms with Gasteiger partial charge in [0.05, 0.1) is 0 Å². The van der Waals surface area contributed by atoms with Gasteiger partial charge in [-0.2, -0.15) is 0 Å². The van der Waals surface area contributed by atoms with Crippen LogP contribution in [0.3, 0.4) is 0 Å². The minimum atomic E-state index is -0.376. The number of halogens is 2. The zero-order valence-electron chi connectivity index (χ0n) is 9.10. The molecule has 0 amide bonds. The Bertz CT molecular complexity index is 349. The lowest BCUT2D eigenvalue weighted by atomic mass is 10.1. The van der Waals surface area contributed by atoms with Crippen molar-refractivity contribution in [2.75, 3.05) is 19.6 Å². The summed E-state index contributed by atoms with van der Waals surface area (Å²) in [6.07, 6.45) is 1.63. The molecule has 2 N–H and O–H groups in total. The average molecular weight is 226 g/mol. The summed E-state index contributed by atoms with van der Waals surface area (Å²) in [6, 6.07) is 4.07. The highest BCUT2D eigenvalue weighted by atomic mass is 19.1. The van der Waals surface area contributed by atoms with E-state index in [2.05, 4.69) is 10.6 Å². The highest BCUT2D eigenvalue weighted by Gasteiger charge is 2.13. The first-order valence-electron chi connectivity index (χ1n) is 5.64. The van der Waals surface area contributed by atoms with Crippen molar-refractivity contribution in [3.8, 4) is 0 Å². The molecule has 0 spiro atoms. The van der Waals surface area contributed by atoms with E-state index in [1.807, 2.05) is 0 Å². The van der Waals surface area contributed by atoms with Gasteiger partial charge in [0.2, 0.25) is 0 Å². The summed E-state index contributed by atoms with van der Waals surface area (Å²) in [5.74, 6) is -0.702. The van der Waals surface area contributed by atoms with Gasteiger partial charge in [-0.3, -0.25) is 0 Å². The zero-order chi connectivity index (χ0) is 11.4. The van der Waals surface area contributed by atoms with Gasteiger partial charge in [-0.1, -0.05) is 0 Å². The molecule has 1 heterocycles. The Morgan fingerprint density at radius 1 is 1.38 bits per heavy atom. The fraction of sp³-hybridized carbons (Fsp3) is 0.500. The lowest BCUT2D eigenvalue weighted by molar-refractivity contribution is 0.536. The molecule has 88 valence electrons. The average Bonchev–Trinajstić information content (AvgIpc) is 2.76. The predicted octanol–water partition coefficient (Wildman–Crippen LogP) is 1.46. The Morgan fingerprint density at radius 2 is 2.25 bits per heavy atom. The highest BCUT2D eigenvalue weighted by molar-refractivity contribution is 5.19. The molecule has 2 rings (SSSR count). The Kier molecular flexibility index (Phi) is 3.85. The molecule has 1 saturated heterocycles. The third-order valence-corrected chi connectivity index (χ3v) is 2.90. The van der Waals surface area contributed by atoms with Crippen molar-refractivity contribution in [3.05, 3.63) is 35.4 Å². The standard InChI is InChI=1S/C12H16F2N2/c13-10-1-2-12(14)9(7-10)3-6-16-11-4-5-15-8-11/h1-2,7,11,15-16H,3-6,8H2. The fourth-order valence-electron chi connectivity index (χ4n) is 1.97. The van der Waals surface area contributed by atoms with Gasteiger partial charge in [0.25, 0.3) is 0 Å². The molecule has 1 aliphatic rings. The van der Waals surface area contributed by atoms with Crippen LogP contribution in [-0.2, 0) is 6.42 Å². The SMILES string of the molecule is Fc1ccc(F)c(CCNC2CCNC2)c1. The fourth-order valence-corrected chi connectivity index (χ4v) is 1.97. The number of hydrogen-bond acceptors (Lipinski definition) is 2. The molecule has 0 saturated carbocycles. The zero-order valence-corrected chi connectivity index (χ0v) is 9.10. The van der Waals surface area contributed by atoms with Gasteiger partial charge in [0.1, 0.15) is 11.6 Å². The third-order valence-electron chi connectivity index (χ3n) is 2.90. The van der Waals surface area contributed by atoms with Crippen LogP contribution in [0.2, 0.25) is 0 Å². The molecule has 2 nitrogen and oxygen atoms in total. The molecule has 0 aromatic heterocycles. The number of hydrogen-bond donors (Lipinski definition) is 2. The first-order valence-corrected chi connectivity index (χ1v) is 5.64. The Hall–Kier alpha value is -1.00. The minimum absolute atomic E-state index is 0.326. The van der Waals surface area contributed by atoms with Gasteiger partial charge in [-0.15, -0.1) is 0 Å². The quantitative estimate of drug-likeness (QED) is 0.812. The van der Waals surface area contributed by atoms with Crippen LogP contribution in [0.4, 0.5) is 8.78 Å². The Balaban J connectivity index is 1.82. The van der Waals surface area contributed by atoms with Crippen molar-refractivity contribution in [2.45, 2.75) is 18.9 Å². The van der Waals surface area contributed by atoms with Crippen LogP contribution in [0.15, 0.2) is 18.2 Å². The first kappa shape index (κ1) is 11.5.